The summed E-state index contributed by atoms with van der Waals surface area (Å²) in [5, 5.41) is 0.628. The van der Waals surface area contributed by atoms with Crippen LogP contribution < -0.4 is 0 Å². The van der Waals surface area contributed by atoms with Crippen LogP contribution in [0.25, 0.3) is 17.0 Å². The lowest BCUT2D eigenvalue weighted by Gasteiger charge is -2.11. The molecule has 0 aliphatic heterocycles. The molecule has 0 saturated carbocycles. The van der Waals surface area contributed by atoms with E-state index in [9.17, 15) is 18.0 Å². The van der Waals surface area contributed by atoms with Gasteiger partial charge in [0.1, 0.15) is 5.57 Å². The van der Waals surface area contributed by atoms with Gasteiger partial charge in [-0.25, -0.2) is 22.0 Å². The highest BCUT2D eigenvalue weighted by Crippen LogP contribution is 2.27. The largest absolute Gasteiger partial charge is 0.465 e. The molecule has 1 aromatic heterocycles. The number of para-hydroxylation sites is 1. The number of ether oxygens (including phenoxy) is 2. The van der Waals surface area contributed by atoms with E-state index in [0.29, 0.717) is 10.9 Å². The van der Waals surface area contributed by atoms with E-state index in [-0.39, 0.29) is 10.6 Å². The van der Waals surface area contributed by atoms with E-state index >= 15 is 0 Å². The average molecular weight is 413 g/mol. The molecule has 0 bridgehead atoms. The predicted molar refractivity (Wildman–Crippen MR) is 108 cm³/mol. The van der Waals surface area contributed by atoms with Crippen molar-refractivity contribution in [3.8, 4) is 0 Å². The Hall–Kier alpha value is -3.39. The van der Waals surface area contributed by atoms with Crippen LogP contribution in [0.4, 0.5) is 0 Å². The lowest BCUT2D eigenvalue weighted by Crippen LogP contribution is -2.18. The summed E-state index contributed by atoms with van der Waals surface area (Å²) in [4.78, 5) is 24.2. The second-order valence-electron chi connectivity index (χ2n) is 6.25. The smallest absolute Gasteiger partial charge is 0.345 e. The first-order chi connectivity index (χ1) is 13.8. The van der Waals surface area contributed by atoms with Gasteiger partial charge in [0.05, 0.1) is 30.3 Å². The van der Waals surface area contributed by atoms with Crippen LogP contribution in [0.3, 0.4) is 0 Å². The van der Waals surface area contributed by atoms with E-state index in [2.05, 4.69) is 9.47 Å². The molecule has 0 saturated heterocycles. The number of hydrogen-bond acceptors (Lipinski definition) is 6. The van der Waals surface area contributed by atoms with E-state index < -0.39 is 27.5 Å². The van der Waals surface area contributed by atoms with Crippen LogP contribution in [0.5, 0.6) is 0 Å². The lowest BCUT2D eigenvalue weighted by atomic mass is 10.2. The van der Waals surface area contributed by atoms with E-state index in [4.69, 9.17) is 0 Å². The van der Waals surface area contributed by atoms with E-state index in [0.717, 1.165) is 29.8 Å². The number of aromatic nitrogens is 1. The first kappa shape index (κ1) is 20.3. The molecule has 0 N–H and O–H groups in total. The van der Waals surface area contributed by atoms with Crippen molar-refractivity contribution in [2.24, 2.45) is 0 Å². The fourth-order valence-corrected chi connectivity index (χ4v) is 4.40. The number of carbonyl (C=O) groups is 2. The number of carbonyl (C=O) groups excluding carboxylic acids is 2. The molecule has 29 heavy (non-hydrogen) atoms. The van der Waals surface area contributed by atoms with Gasteiger partial charge in [-0.2, -0.15) is 0 Å². The zero-order chi connectivity index (χ0) is 21.2. The van der Waals surface area contributed by atoms with Crippen molar-refractivity contribution in [2.45, 2.75) is 11.8 Å². The zero-order valence-corrected chi connectivity index (χ0v) is 16.9. The molecule has 0 aliphatic carbocycles. The maximum absolute atomic E-state index is 13.4. The fraction of sp³-hybridized carbons (Fsp3) is 0.143. The Morgan fingerprint density at radius 1 is 0.931 bits per heavy atom. The van der Waals surface area contributed by atoms with E-state index in [1.807, 2.05) is 6.92 Å². The van der Waals surface area contributed by atoms with Gasteiger partial charge in [0.15, 0.2) is 0 Å². The van der Waals surface area contributed by atoms with Gasteiger partial charge in [0.25, 0.3) is 10.0 Å². The van der Waals surface area contributed by atoms with Gasteiger partial charge in [-0.3, -0.25) is 0 Å². The maximum Gasteiger partial charge on any atom is 0.345 e. The number of nitrogens with zero attached hydrogens (tertiary/aromatic N) is 1. The summed E-state index contributed by atoms with van der Waals surface area (Å²) in [5.74, 6) is -1.86. The number of aryl methyl sites for hydroxylation is 1. The summed E-state index contributed by atoms with van der Waals surface area (Å²) in [6, 6.07) is 14.8. The molecular weight excluding hydrogens is 394 g/mol. The fourth-order valence-electron chi connectivity index (χ4n) is 2.90. The van der Waals surface area contributed by atoms with Crippen molar-refractivity contribution < 1.29 is 27.5 Å². The lowest BCUT2D eigenvalue weighted by molar-refractivity contribution is -0.143. The van der Waals surface area contributed by atoms with Crippen molar-refractivity contribution >= 4 is 38.9 Å². The summed E-state index contributed by atoms with van der Waals surface area (Å²) < 4.78 is 37.2. The molecule has 7 nitrogen and oxygen atoms in total. The summed E-state index contributed by atoms with van der Waals surface area (Å²) >= 11 is 0. The van der Waals surface area contributed by atoms with Crippen LogP contribution in [0.15, 0.2) is 65.1 Å². The third kappa shape index (κ3) is 3.79. The highest BCUT2D eigenvalue weighted by Gasteiger charge is 2.25. The number of fused-ring (bicyclic) bond motifs is 1. The summed E-state index contributed by atoms with van der Waals surface area (Å²) in [7, 11) is -1.77. The summed E-state index contributed by atoms with van der Waals surface area (Å²) in [5.41, 5.74) is 1.03. The monoisotopic (exact) mass is 413 g/mol. The molecule has 2 aromatic carbocycles. The molecule has 0 aliphatic rings. The minimum atomic E-state index is -4.01. The first-order valence-electron chi connectivity index (χ1n) is 8.60. The molecule has 1 heterocycles. The molecule has 8 heteroatoms. The Bertz CT molecular complexity index is 1200. The molecule has 0 fully saturated rings. The van der Waals surface area contributed by atoms with Gasteiger partial charge in [0, 0.05) is 5.39 Å². The van der Waals surface area contributed by atoms with Gasteiger partial charge < -0.3 is 9.47 Å². The minimum absolute atomic E-state index is 0.0804. The van der Waals surface area contributed by atoms with Crippen molar-refractivity contribution in [1.29, 1.82) is 0 Å². The zero-order valence-electron chi connectivity index (χ0n) is 16.1. The number of benzene rings is 2. The molecule has 3 aromatic rings. The van der Waals surface area contributed by atoms with Crippen LogP contribution in [-0.4, -0.2) is 38.5 Å². The number of methoxy groups -OCH3 is 2. The van der Waals surface area contributed by atoms with Crippen LogP contribution >= 0.6 is 0 Å². The minimum Gasteiger partial charge on any atom is -0.465 e. The standard InChI is InChI=1S/C21H19NO6S/c1-14-8-10-17(11-9-14)29(25,26)22-16(12-15-6-4-5-7-19(15)22)13-18(20(23)27-2)21(24)28-3/h4-13H,1-3H3. The van der Waals surface area contributed by atoms with Crippen LogP contribution in [0.2, 0.25) is 0 Å². The topological polar surface area (TPSA) is 91.7 Å². The number of hydrogen-bond donors (Lipinski definition) is 0. The van der Waals surface area contributed by atoms with Gasteiger partial charge in [0.2, 0.25) is 0 Å². The second kappa shape index (κ2) is 7.92. The molecule has 150 valence electrons. The molecule has 0 amide bonds. The van der Waals surface area contributed by atoms with Gasteiger partial charge in [-0.1, -0.05) is 35.9 Å². The van der Waals surface area contributed by atoms with Crippen molar-refractivity contribution in [3.63, 3.8) is 0 Å². The van der Waals surface area contributed by atoms with Gasteiger partial charge in [-0.05, 0) is 37.3 Å². The third-order valence-corrected chi connectivity index (χ3v) is 6.11. The summed E-state index contributed by atoms with van der Waals surface area (Å²) in [6.07, 6.45) is 1.16. The first-order valence-corrected chi connectivity index (χ1v) is 10.0. The van der Waals surface area contributed by atoms with Crippen LogP contribution in [-0.2, 0) is 29.1 Å². The Morgan fingerprint density at radius 2 is 1.52 bits per heavy atom. The predicted octanol–water partition coefficient (Wildman–Crippen LogP) is 2.92. The molecule has 0 atom stereocenters. The van der Waals surface area contributed by atoms with E-state index in [1.165, 1.54) is 12.1 Å². The Morgan fingerprint density at radius 3 is 2.10 bits per heavy atom. The normalized spacial score (nSPS) is 11.1. The Kier molecular flexibility index (Phi) is 5.56. The van der Waals surface area contributed by atoms with Crippen molar-refractivity contribution in [2.75, 3.05) is 14.2 Å². The molecule has 0 spiro atoms. The number of esters is 2. The summed E-state index contributed by atoms with van der Waals surface area (Å²) in [6.45, 7) is 1.86. The van der Waals surface area contributed by atoms with Crippen LogP contribution in [0.1, 0.15) is 11.3 Å². The molecule has 0 radical (unpaired) electrons. The van der Waals surface area contributed by atoms with Crippen molar-refractivity contribution in [3.05, 3.63) is 71.4 Å². The highest BCUT2D eigenvalue weighted by molar-refractivity contribution is 7.90. The van der Waals surface area contributed by atoms with Crippen LogP contribution in [0, 0.1) is 6.92 Å². The molecular formula is C21H19NO6S. The SMILES string of the molecule is COC(=O)C(=Cc1cc2ccccc2n1S(=O)(=O)c1ccc(C)cc1)C(=O)OC. The van der Waals surface area contributed by atoms with Gasteiger partial charge >= 0.3 is 11.9 Å². The number of rotatable bonds is 5. The second-order valence-corrected chi connectivity index (χ2v) is 8.04. The molecule has 0 unspecified atom stereocenters. The van der Waals surface area contributed by atoms with Gasteiger partial charge in [-0.15, -0.1) is 0 Å². The average Bonchev–Trinajstić information content (AvgIpc) is 3.10. The quantitative estimate of drug-likeness (QED) is 0.276. The maximum atomic E-state index is 13.4. The van der Waals surface area contributed by atoms with E-state index in [1.54, 1.807) is 42.5 Å². The molecule has 3 rings (SSSR count). The third-order valence-electron chi connectivity index (χ3n) is 4.36. The Labute approximate surface area is 168 Å². The van der Waals surface area contributed by atoms with Crippen molar-refractivity contribution in [1.82, 2.24) is 3.97 Å². The highest BCUT2D eigenvalue weighted by atomic mass is 32.2. The Balaban J connectivity index is 2.32.